The first-order valence-electron chi connectivity index (χ1n) is 6.07. The van der Waals surface area contributed by atoms with Crippen LogP contribution in [0.25, 0.3) is 0 Å². The molecule has 19 heavy (non-hydrogen) atoms. The molecule has 4 nitrogen and oxygen atoms in total. The second kappa shape index (κ2) is 5.75. The van der Waals surface area contributed by atoms with Gasteiger partial charge in [0.05, 0.1) is 19.3 Å². The highest BCUT2D eigenvalue weighted by molar-refractivity contribution is 9.10. The molecule has 1 unspecified atom stereocenters. The molecular formula is C14H18BrN3O. The van der Waals surface area contributed by atoms with Crippen LogP contribution >= 0.6 is 15.9 Å². The van der Waals surface area contributed by atoms with E-state index >= 15 is 0 Å². The number of ether oxygens (including phenoxy) is 1. The van der Waals surface area contributed by atoms with Gasteiger partial charge in [0.1, 0.15) is 5.69 Å². The fourth-order valence-electron chi connectivity index (χ4n) is 2.22. The first-order chi connectivity index (χ1) is 9.08. The molecule has 0 saturated heterocycles. The third-order valence-electron chi connectivity index (χ3n) is 3.20. The normalized spacial score (nSPS) is 12.5. The van der Waals surface area contributed by atoms with Crippen LogP contribution in [0, 0.1) is 6.92 Å². The summed E-state index contributed by atoms with van der Waals surface area (Å²) in [6.45, 7) is 2.08. The second-order valence-electron chi connectivity index (χ2n) is 4.47. The van der Waals surface area contributed by atoms with Crippen molar-refractivity contribution in [1.29, 1.82) is 0 Å². The lowest BCUT2D eigenvalue weighted by Crippen LogP contribution is -2.21. The largest absolute Gasteiger partial charge is 0.493 e. The maximum atomic E-state index is 5.40. The topological polar surface area (TPSA) is 39.1 Å². The average Bonchev–Trinajstić information content (AvgIpc) is 2.74. The number of rotatable bonds is 4. The number of aromatic nitrogens is 2. The molecule has 0 bridgehead atoms. The molecule has 102 valence electrons. The SMILES string of the molecule is CNC(c1ccc(C)cc1Br)c1c(OC)cnn1C. The molecule has 2 aromatic rings. The Labute approximate surface area is 121 Å². The highest BCUT2D eigenvalue weighted by Gasteiger charge is 2.22. The van der Waals surface area contributed by atoms with Crippen molar-refractivity contribution in [1.82, 2.24) is 15.1 Å². The third kappa shape index (κ3) is 2.67. The Morgan fingerprint density at radius 3 is 2.74 bits per heavy atom. The van der Waals surface area contributed by atoms with Crippen molar-refractivity contribution in [2.45, 2.75) is 13.0 Å². The van der Waals surface area contributed by atoms with Crippen molar-refractivity contribution in [2.75, 3.05) is 14.2 Å². The summed E-state index contributed by atoms with van der Waals surface area (Å²) in [6.07, 6.45) is 1.74. The smallest absolute Gasteiger partial charge is 0.161 e. The molecule has 0 aliphatic heterocycles. The number of halogens is 1. The van der Waals surface area contributed by atoms with Crippen molar-refractivity contribution in [3.63, 3.8) is 0 Å². The van der Waals surface area contributed by atoms with Crippen LogP contribution in [0.15, 0.2) is 28.9 Å². The maximum absolute atomic E-state index is 5.40. The fraction of sp³-hybridized carbons (Fsp3) is 0.357. The van der Waals surface area contributed by atoms with Crippen LogP contribution in [0.3, 0.4) is 0 Å². The van der Waals surface area contributed by atoms with Gasteiger partial charge in [0.15, 0.2) is 5.75 Å². The van der Waals surface area contributed by atoms with Crippen molar-refractivity contribution in [2.24, 2.45) is 7.05 Å². The van der Waals surface area contributed by atoms with Crippen LogP contribution in [-0.4, -0.2) is 23.9 Å². The summed E-state index contributed by atoms with van der Waals surface area (Å²) < 4.78 is 8.31. The molecule has 1 heterocycles. The molecule has 2 rings (SSSR count). The van der Waals surface area contributed by atoms with E-state index in [4.69, 9.17) is 4.74 Å². The molecule has 5 heteroatoms. The van der Waals surface area contributed by atoms with Crippen molar-refractivity contribution in [3.05, 3.63) is 45.7 Å². The molecule has 0 aliphatic rings. The number of methoxy groups -OCH3 is 1. The molecule has 0 amide bonds. The van der Waals surface area contributed by atoms with Crippen LogP contribution in [0.1, 0.15) is 22.9 Å². The van der Waals surface area contributed by atoms with E-state index in [-0.39, 0.29) is 6.04 Å². The van der Waals surface area contributed by atoms with Gasteiger partial charge in [0, 0.05) is 11.5 Å². The number of nitrogens with zero attached hydrogens (tertiary/aromatic N) is 2. The lowest BCUT2D eigenvalue weighted by atomic mass is 10.0. The molecule has 1 aromatic heterocycles. The third-order valence-corrected chi connectivity index (χ3v) is 3.89. The summed E-state index contributed by atoms with van der Waals surface area (Å²) in [7, 11) is 5.52. The first-order valence-corrected chi connectivity index (χ1v) is 6.87. The summed E-state index contributed by atoms with van der Waals surface area (Å²) in [4.78, 5) is 0. The summed E-state index contributed by atoms with van der Waals surface area (Å²) in [5, 5.41) is 7.59. The van der Waals surface area contributed by atoms with E-state index in [2.05, 4.69) is 51.5 Å². The molecule has 0 spiro atoms. The molecular weight excluding hydrogens is 306 g/mol. The molecule has 0 radical (unpaired) electrons. The highest BCUT2D eigenvalue weighted by Crippen LogP contribution is 2.33. The van der Waals surface area contributed by atoms with Gasteiger partial charge in [-0.05, 0) is 31.2 Å². The summed E-state index contributed by atoms with van der Waals surface area (Å²) in [5.74, 6) is 0.786. The molecule has 0 aliphatic carbocycles. The van der Waals surface area contributed by atoms with E-state index in [1.807, 2.05) is 18.8 Å². The first kappa shape index (κ1) is 14.1. The highest BCUT2D eigenvalue weighted by atomic mass is 79.9. The zero-order chi connectivity index (χ0) is 14.0. The Bertz CT molecular complexity index is 580. The zero-order valence-corrected chi connectivity index (χ0v) is 13.2. The van der Waals surface area contributed by atoms with Gasteiger partial charge in [-0.3, -0.25) is 4.68 Å². The van der Waals surface area contributed by atoms with E-state index in [0.717, 1.165) is 21.5 Å². The van der Waals surface area contributed by atoms with Gasteiger partial charge in [0.25, 0.3) is 0 Å². The van der Waals surface area contributed by atoms with Crippen LogP contribution in [0.2, 0.25) is 0 Å². The Hall–Kier alpha value is -1.33. The van der Waals surface area contributed by atoms with E-state index < -0.39 is 0 Å². The Kier molecular flexibility index (Phi) is 4.27. The molecule has 1 aromatic carbocycles. The standard InChI is InChI=1S/C14H18BrN3O/c1-9-5-6-10(11(15)7-9)13(16-2)14-12(19-4)8-17-18(14)3/h5-8,13,16H,1-4H3. The van der Waals surface area contributed by atoms with Crippen LogP contribution in [-0.2, 0) is 7.05 Å². The zero-order valence-electron chi connectivity index (χ0n) is 11.6. The van der Waals surface area contributed by atoms with Gasteiger partial charge in [-0.1, -0.05) is 28.1 Å². The van der Waals surface area contributed by atoms with Crippen molar-refractivity contribution < 1.29 is 4.74 Å². The molecule has 1 N–H and O–H groups in total. The lowest BCUT2D eigenvalue weighted by molar-refractivity contribution is 0.402. The Morgan fingerprint density at radius 1 is 1.42 bits per heavy atom. The lowest BCUT2D eigenvalue weighted by Gasteiger charge is -2.20. The van der Waals surface area contributed by atoms with Gasteiger partial charge < -0.3 is 10.1 Å². The van der Waals surface area contributed by atoms with E-state index in [0.29, 0.717) is 0 Å². The summed E-state index contributed by atoms with van der Waals surface area (Å²) in [6, 6.07) is 6.36. The molecule has 1 atom stereocenters. The van der Waals surface area contributed by atoms with E-state index in [1.54, 1.807) is 13.3 Å². The number of aryl methyl sites for hydroxylation is 2. The van der Waals surface area contributed by atoms with Gasteiger partial charge >= 0.3 is 0 Å². The minimum absolute atomic E-state index is 0.0254. The predicted octanol–water partition coefficient (Wildman–Crippen LogP) is 2.81. The number of hydrogen-bond donors (Lipinski definition) is 1. The maximum Gasteiger partial charge on any atom is 0.161 e. The van der Waals surface area contributed by atoms with E-state index in [1.165, 1.54) is 5.56 Å². The van der Waals surface area contributed by atoms with Crippen molar-refractivity contribution >= 4 is 15.9 Å². The van der Waals surface area contributed by atoms with E-state index in [9.17, 15) is 0 Å². The quantitative estimate of drug-likeness (QED) is 0.940. The average molecular weight is 324 g/mol. The van der Waals surface area contributed by atoms with Gasteiger partial charge in [-0.2, -0.15) is 5.10 Å². The number of hydrogen-bond acceptors (Lipinski definition) is 3. The molecule has 0 fully saturated rings. The summed E-state index contributed by atoms with van der Waals surface area (Å²) >= 11 is 3.63. The van der Waals surface area contributed by atoms with Crippen LogP contribution in [0.5, 0.6) is 5.75 Å². The Morgan fingerprint density at radius 2 is 2.16 bits per heavy atom. The van der Waals surface area contributed by atoms with Gasteiger partial charge in [0.2, 0.25) is 0 Å². The van der Waals surface area contributed by atoms with Crippen LogP contribution in [0.4, 0.5) is 0 Å². The minimum Gasteiger partial charge on any atom is -0.493 e. The summed E-state index contributed by atoms with van der Waals surface area (Å²) in [5.41, 5.74) is 3.40. The predicted molar refractivity (Wildman–Crippen MR) is 79.5 cm³/mol. The number of benzene rings is 1. The molecule has 0 saturated carbocycles. The van der Waals surface area contributed by atoms with Gasteiger partial charge in [-0.15, -0.1) is 0 Å². The van der Waals surface area contributed by atoms with Gasteiger partial charge in [-0.25, -0.2) is 0 Å². The second-order valence-corrected chi connectivity index (χ2v) is 5.32. The number of nitrogens with one attached hydrogen (secondary N) is 1. The minimum atomic E-state index is 0.0254. The fourth-order valence-corrected chi connectivity index (χ4v) is 2.94. The Balaban J connectivity index is 2.52. The van der Waals surface area contributed by atoms with Crippen LogP contribution < -0.4 is 10.1 Å². The van der Waals surface area contributed by atoms with Crippen molar-refractivity contribution in [3.8, 4) is 5.75 Å². The monoisotopic (exact) mass is 323 g/mol.